The van der Waals surface area contributed by atoms with E-state index in [1.54, 1.807) is 0 Å². The van der Waals surface area contributed by atoms with Gasteiger partial charge < -0.3 is 0 Å². The molecule has 0 aliphatic carbocycles. The first-order valence-corrected chi connectivity index (χ1v) is 5.16. The highest BCUT2D eigenvalue weighted by molar-refractivity contribution is 5.59. The molecular formula is C15H18. The summed E-state index contributed by atoms with van der Waals surface area (Å²) in [6, 6.07) is 8.35. The van der Waals surface area contributed by atoms with Crippen molar-refractivity contribution < 1.29 is 0 Å². The van der Waals surface area contributed by atoms with Gasteiger partial charge in [0.05, 0.1) is 0 Å². The Bertz CT molecular complexity index is 394. The molecule has 1 aromatic carbocycles. The van der Waals surface area contributed by atoms with Crippen LogP contribution in [0.15, 0.2) is 54.6 Å². The predicted octanol–water partition coefficient (Wildman–Crippen LogP) is 4.53. The highest BCUT2D eigenvalue weighted by atomic mass is 14.0. The Morgan fingerprint density at radius 3 is 2.53 bits per heavy atom. The summed E-state index contributed by atoms with van der Waals surface area (Å²) < 4.78 is 0. The molecule has 0 fully saturated rings. The first-order valence-electron chi connectivity index (χ1n) is 5.16. The Kier molecular flexibility index (Phi) is 4.11. The van der Waals surface area contributed by atoms with Gasteiger partial charge in [0.2, 0.25) is 0 Å². The van der Waals surface area contributed by atoms with Crippen molar-refractivity contribution in [3.63, 3.8) is 0 Å². The maximum atomic E-state index is 3.92. The predicted molar refractivity (Wildman–Crippen MR) is 68.8 cm³/mol. The van der Waals surface area contributed by atoms with Gasteiger partial charge in [-0.15, -0.1) is 0 Å². The van der Waals surface area contributed by atoms with E-state index in [-0.39, 0.29) is 0 Å². The maximum absolute atomic E-state index is 3.92. The molecule has 0 heterocycles. The molecule has 0 saturated carbocycles. The second-order valence-electron chi connectivity index (χ2n) is 3.91. The summed E-state index contributed by atoms with van der Waals surface area (Å²) in [6.07, 6.45) is 4.98. The highest BCUT2D eigenvalue weighted by Crippen LogP contribution is 2.17. The number of benzene rings is 1. The number of rotatable bonds is 4. The van der Waals surface area contributed by atoms with Crippen molar-refractivity contribution >= 4 is 6.08 Å². The second kappa shape index (κ2) is 5.35. The minimum atomic E-state index is 0.901. The van der Waals surface area contributed by atoms with E-state index in [1.165, 1.54) is 16.7 Å². The highest BCUT2D eigenvalue weighted by Gasteiger charge is 1.96. The lowest BCUT2D eigenvalue weighted by Crippen LogP contribution is -1.83. The molecule has 0 unspecified atom stereocenters. The number of allylic oxidation sites excluding steroid dienone is 3. The topological polar surface area (TPSA) is 0 Å². The molecule has 0 amide bonds. The molecule has 0 saturated heterocycles. The first kappa shape index (κ1) is 11.5. The number of hydrogen-bond donors (Lipinski definition) is 0. The van der Waals surface area contributed by atoms with Gasteiger partial charge in [0.15, 0.2) is 0 Å². The van der Waals surface area contributed by atoms with Crippen LogP contribution in [0.2, 0.25) is 0 Å². The molecule has 0 spiro atoms. The fourth-order valence-corrected chi connectivity index (χ4v) is 1.48. The molecule has 78 valence electrons. The quantitative estimate of drug-likeness (QED) is 0.492. The van der Waals surface area contributed by atoms with Crippen molar-refractivity contribution in [1.29, 1.82) is 0 Å². The molecule has 0 radical (unpaired) electrons. The van der Waals surface area contributed by atoms with Gasteiger partial charge in [-0.25, -0.2) is 0 Å². The third-order valence-corrected chi connectivity index (χ3v) is 2.30. The van der Waals surface area contributed by atoms with Gasteiger partial charge in [0.1, 0.15) is 0 Å². The van der Waals surface area contributed by atoms with Crippen molar-refractivity contribution in [3.05, 3.63) is 65.8 Å². The van der Waals surface area contributed by atoms with Crippen LogP contribution in [0.4, 0.5) is 0 Å². The average Bonchev–Trinajstić information content (AvgIpc) is 2.19. The summed E-state index contributed by atoms with van der Waals surface area (Å²) in [5, 5.41) is 0. The van der Waals surface area contributed by atoms with Crippen LogP contribution in [0.3, 0.4) is 0 Å². The van der Waals surface area contributed by atoms with Crippen LogP contribution in [-0.4, -0.2) is 0 Å². The van der Waals surface area contributed by atoms with Gasteiger partial charge >= 0.3 is 0 Å². The molecule has 15 heavy (non-hydrogen) atoms. The Balaban J connectivity index is 2.98. The van der Waals surface area contributed by atoms with Crippen LogP contribution >= 0.6 is 0 Å². The van der Waals surface area contributed by atoms with Crippen LogP contribution in [0.1, 0.15) is 24.5 Å². The third kappa shape index (κ3) is 3.59. The van der Waals surface area contributed by atoms with Crippen LogP contribution in [0.5, 0.6) is 0 Å². The van der Waals surface area contributed by atoms with Gasteiger partial charge in [-0.1, -0.05) is 55.1 Å². The van der Waals surface area contributed by atoms with Crippen molar-refractivity contribution in [2.24, 2.45) is 0 Å². The summed E-state index contributed by atoms with van der Waals surface area (Å²) in [5.74, 6) is 0. The lowest BCUT2D eigenvalue weighted by atomic mass is 10.0. The number of hydrogen-bond acceptors (Lipinski definition) is 0. The van der Waals surface area contributed by atoms with E-state index in [0.29, 0.717) is 0 Å². The molecular weight excluding hydrogens is 180 g/mol. The Morgan fingerprint density at radius 2 is 2.00 bits per heavy atom. The molecule has 0 nitrogen and oxygen atoms in total. The normalized spacial score (nSPS) is 11.2. The zero-order valence-electron chi connectivity index (χ0n) is 9.59. The Labute approximate surface area is 92.6 Å². The van der Waals surface area contributed by atoms with E-state index in [4.69, 9.17) is 0 Å². The minimum Gasteiger partial charge on any atom is -0.0998 e. The van der Waals surface area contributed by atoms with Gasteiger partial charge in [-0.2, -0.15) is 0 Å². The molecule has 0 atom stereocenters. The molecule has 0 aliphatic rings. The summed E-state index contributed by atoms with van der Waals surface area (Å²) in [6.45, 7) is 11.9. The third-order valence-electron chi connectivity index (χ3n) is 2.30. The van der Waals surface area contributed by atoms with Gasteiger partial charge in [-0.3, -0.25) is 0 Å². The van der Waals surface area contributed by atoms with E-state index >= 15 is 0 Å². The smallest absolute Gasteiger partial charge is 0.00726 e. The van der Waals surface area contributed by atoms with Crippen LogP contribution in [0, 0.1) is 6.92 Å². The van der Waals surface area contributed by atoms with Gasteiger partial charge in [0.25, 0.3) is 0 Å². The molecule has 0 aromatic heterocycles. The largest absolute Gasteiger partial charge is 0.0998 e. The standard InChI is InChI=1S/C15H18/c1-5-14(10-12(2)3)11-15-9-7-6-8-13(15)4/h5-9,11H,1-2,10H2,3-4H3/b14-11-. The summed E-state index contributed by atoms with van der Waals surface area (Å²) >= 11 is 0. The van der Waals surface area contributed by atoms with E-state index in [1.807, 2.05) is 13.0 Å². The SMILES string of the molecule is C=C/C(=C/c1ccccc1C)CC(=C)C. The van der Waals surface area contributed by atoms with E-state index < -0.39 is 0 Å². The lowest BCUT2D eigenvalue weighted by Gasteiger charge is -2.04. The Morgan fingerprint density at radius 1 is 1.33 bits per heavy atom. The van der Waals surface area contributed by atoms with Gasteiger partial charge in [0, 0.05) is 0 Å². The van der Waals surface area contributed by atoms with Crippen molar-refractivity contribution in [3.8, 4) is 0 Å². The monoisotopic (exact) mass is 198 g/mol. The van der Waals surface area contributed by atoms with Crippen molar-refractivity contribution in [2.45, 2.75) is 20.3 Å². The van der Waals surface area contributed by atoms with Crippen molar-refractivity contribution in [2.75, 3.05) is 0 Å². The first-order chi connectivity index (χ1) is 7.13. The maximum Gasteiger partial charge on any atom is -0.00726 e. The molecule has 0 N–H and O–H groups in total. The zero-order valence-corrected chi connectivity index (χ0v) is 9.59. The zero-order chi connectivity index (χ0) is 11.3. The molecule has 0 aliphatic heterocycles. The van der Waals surface area contributed by atoms with Crippen LogP contribution in [0.25, 0.3) is 6.08 Å². The van der Waals surface area contributed by atoms with E-state index in [9.17, 15) is 0 Å². The summed E-state index contributed by atoms with van der Waals surface area (Å²) in [4.78, 5) is 0. The molecule has 0 bridgehead atoms. The molecule has 0 heteroatoms. The van der Waals surface area contributed by atoms with E-state index in [0.717, 1.165) is 12.0 Å². The van der Waals surface area contributed by atoms with E-state index in [2.05, 4.69) is 50.4 Å². The summed E-state index contributed by atoms with van der Waals surface area (Å²) in [7, 11) is 0. The van der Waals surface area contributed by atoms with Crippen molar-refractivity contribution in [1.82, 2.24) is 0 Å². The number of aryl methyl sites for hydroxylation is 1. The Hall–Kier alpha value is -1.56. The molecule has 1 rings (SSSR count). The summed E-state index contributed by atoms with van der Waals surface area (Å²) in [5.41, 5.74) is 4.93. The fourth-order valence-electron chi connectivity index (χ4n) is 1.48. The fraction of sp³-hybridized carbons (Fsp3) is 0.200. The van der Waals surface area contributed by atoms with Gasteiger partial charge in [-0.05, 0) is 37.0 Å². The lowest BCUT2D eigenvalue weighted by molar-refractivity contribution is 1.17. The minimum absolute atomic E-state index is 0.901. The van der Waals surface area contributed by atoms with Crippen LogP contribution in [-0.2, 0) is 0 Å². The second-order valence-corrected chi connectivity index (χ2v) is 3.91. The average molecular weight is 198 g/mol. The van der Waals surface area contributed by atoms with Crippen LogP contribution < -0.4 is 0 Å². The molecule has 1 aromatic rings.